The van der Waals surface area contributed by atoms with Crippen LogP contribution >= 0.6 is 22.6 Å². The van der Waals surface area contributed by atoms with E-state index >= 15 is 0 Å². The van der Waals surface area contributed by atoms with Gasteiger partial charge in [0.15, 0.2) is 0 Å². The molecule has 0 spiro atoms. The minimum Gasteiger partial charge on any atom is -0.466 e. The van der Waals surface area contributed by atoms with Crippen LogP contribution < -0.4 is 0 Å². The second-order valence-corrected chi connectivity index (χ2v) is 4.77. The average Bonchev–Trinajstić information content (AvgIpc) is 2.26. The molecule has 0 saturated carbocycles. The summed E-state index contributed by atoms with van der Waals surface area (Å²) in [5, 5.41) is 0. The van der Waals surface area contributed by atoms with E-state index in [2.05, 4.69) is 0 Å². The van der Waals surface area contributed by atoms with E-state index in [0.29, 0.717) is 16.6 Å². The molecule has 0 amide bonds. The minimum absolute atomic E-state index is 0.176. The molecule has 0 aromatic heterocycles. The van der Waals surface area contributed by atoms with E-state index in [1.807, 2.05) is 22.6 Å². The molecule has 0 bridgehead atoms. The number of benzene rings is 1. The van der Waals surface area contributed by atoms with E-state index < -0.39 is 11.7 Å². The minimum atomic E-state index is -4.33. The smallest absolute Gasteiger partial charge is 0.416 e. The summed E-state index contributed by atoms with van der Waals surface area (Å²) in [6.45, 7) is 2.02. The maximum absolute atomic E-state index is 12.4. The molecule has 2 nitrogen and oxygen atoms in total. The van der Waals surface area contributed by atoms with Crippen LogP contribution in [0.2, 0.25) is 0 Å². The molecule has 1 rings (SSSR count). The molecule has 1 aromatic rings. The third kappa shape index (κ3) is 4.47. The van der Waals surface area contributed by atoms with Crippen LogP contribution in [-0.4, -0.2) is 12.6 Å². The first-order valence-electron chi connectivity index (χ1n) is 5.36. The lowest BCUT2D eigenvalue weighted by Gasteiger charge is -2.10. The largest absolute Gasteiger partial charge is 0.466 e. The fourth-order valence-corrected chi connectivity index (χ4v) is 2.18. The van der Waals surface area contributed by atoms with Crippen LogP contribution in [0, 0.1) is 3.57 Å². The van der Waals surface area contributed by atoms with E-state index in [0.717, 1.165) is 17.7 Å². The molecular weight excluding hydrogens is 360 g/mol. The predicted molar refractivity (Wildman–Crippen MR) is 69.1 cm³/mol. The van der Waals surface area contributed by atoms with Crippen molar-refractivity contribution in [3.8, 4) is 0 Å². The summed E-state index contributed by atoms with van der Waals surface area (Å²) in [4.78, 5) is 11.1. The Morgan fingerprint density at radius 1 is 1.39 bits per heavy atom. The van der Waals surface area contributed by atoms with Crippen LogP contribution in [-0.2, 0) is 22.1 Å². The van der Waals surface area contributed by atoms with Crippen LogP contribution in [0.4, 0.5) is 13.2 Å². The number of hydrogen-bond donors (Lipinski definition) is 0. The number of esters is 1. The van der Waals surface area contributed by atoms with E-state index in [-0.39, 0.29) is 12.4 Å². The molecule has 0 aliphatic carbocycles. The third-order valence-electron chi connectivity index (χ3n) is 2.28. The Balaban J connectivity index is 2.72. The Morgan fingerprint density at radius 2 is 2.06 bits per heavy atom. The van der Waals surface area contributed by atoms with Gasteiger partial charge in [0, 0.05) is 9.99 Å². The van der Waals surface area contributed by atoms with Crippen molar-refractivity contribution in [3.63, 3.8) is 0 Å². The first kappa shape index (κ1) is 15.3. The standard InChI is InChI=1S/C12H12F3IO2/c1-2-18-11(17)6-4-8-3-5-9(7-10(8)16)12(13,14)15/h3,5,7H,2,4,6H2,1H3. The number of carbonyl (C=O) groups is 1. The average molecular weight is 372 g/mol. The van der Waals surface area contributed by atoms with Gasteiger partial charge in [-0.1, -0.05) is 6.07 Å². The van der Waals surface area contributed by atoms with Crippen LogP contribution in [0.25, 0.3) is 0 Å². The molecule has 1 aromatic carbocycles. The Bertz CT molecular complexity index is 430. The summed E-state index contributed by atoms with van der Waals surface area (Å²) in [7, 11) is 0. The summed E-state index contributed by atoms with van der Waals surface area (Å²) in [5.74, 6) is -0.340. The quantitative estimate of drug-likeness (QED) is 0.594. The second-order valence-electron chi connectivity index (χ2n) is 3.61. The summed E-state index contributed by atoms with van der Waals surface area (Å²) >= 11 is 1.84. The van der Waals surface area contributed by atoms with Gasteiger partial charge in [0.2, 0.25) is 0 Å². The highest BCUT2D eigenvalue weighted by Crippen LogP contribution is 2.31. The van der Waals surface area contributed by atoms with Gasteiger partial charge in [0.1, 0.15) is 0 Å². The highest BCUT2D eigenvalue weighted by Gasteiger charge is 2.30. The second kappa shape index (κ2) is 6.40. The van der Waals surface area contributed by atoms with Crippen molar-refractivity contribution in [1.29, 1.82) is 0 Å². The van der Waals surface area contributed by atoms with Gasteiger partial charge < -0.3 is 4.74 Å². The molecular formula is C12H12F3IO2. The van der Waals surface area contributed by atoms with Crippen molar-refractivity contribution in [2.75, 3.05) is 6.61 Å². The van der Waals surface area contributed by atoms with Crippen LogP contribution in [0.15, 0.2) is 18.2 Å². The predicted octanol–water partition coefficient (Wildman–Crippen LogP) is 3.81. The van der Waals surface area contributed by atoms with Crippen LogP contribution in [0.5, 0.6) is 0 Å². The van der Waals surface area contributed by atoms with Crippen molar-refractivity contribution in [1.82, 2.24) is 0 Å². The number of rotatable bonds is 4. The van der Waals surface area contributed by atoms with Crippen molar-refractivity contribution in [2.45, 2.75) is 25.9 Å². The molecule has 0 atom stereocenters. The Labute approximate surface area is 117 Å². The highest BCUT2D eigenvalue weighted by atomic mass is 127. The van der Waals surface area contributed by atoms with Gasteiger partial charge in [0.05, 0.1) is 12.2 Å². The Kier molecular flexibility index (Phi) is 5.43. The first-order chi connectivity index (χ1) is 8.34. The summed E-state index contributed by atoms with van der Waals surface area (Å²) in [6, 6.07) is 3.52. The monoisotopic (exact) mass is 372 g/mol. The Morgan fingerprint density at radius 3 is 2.56 bits per heavy atom. The molecule has 0 saturated heterocycles. The number of halogens is 4. The normalized spacial score (nSPS) is 11.4. The number of alkyl halides is 3. The van der Waals surface area contributed by atoms with Gasteiger partial charge in [-0.25, -0.2) is 0 Å². The Hall–Kier alpha value is -0.790. The SMILES string of the molecule is CCOC(=O)CCc1ccc(C(F)(F)F)cc1I. The molecule has 0 heterocycles. The summed E-state index contributed by atoms with van der Waals surface area (Å²) in [6.07, 6.45) is -3.77. The molecule has 6 heteroatoms. The molecule has 0 unspecified atom stereocenters. The number of ether oxygens (including phenoxy) is 1. The molecule has 0 radical (unpaired) electrons. The lowest BCUT2D eigenvalue weighted by Crippen LogP contribution is -2.08. The van der Waals surface area contributed by atoms with Gasteiger partial charge >= 0.3 is 12.1 Å². The molecule has 0 N–H and O–H groups in total. The maximum atomic E-state index is 12.4. The number of aryl methyl sites for hydroxylation is 1. The van der Waals surface area contributed by atoms with Crippen molar-refractivity contribution in [3.05, 3.63) is 32.9 Å². The molecule has 0 aliphatic heterocycles. The lowest BCUT2D eigenvalue weighted by atomic mass is 10.1. The van der Waals surface area contributed by atoms with Gasteiger partial charge in [-0.2, -0.15) is 13.2 Å². The van der Waals surface area contributed by atoms with Crippen LogP contribution in [0.1, 0.15) is 24.5 Å². The summed E-state index contributed by atoms with van der Waals surface area (Å²) < 4.78 is 42.6. The van der Waals surface area contributed by atoms with Gasteiger partial charge in [-0.3, -0.25) is 4.79 Å². The van der Waals surface area contributed by atoms with E-state index in [1.54, 1.807) is 6.92 Å². The molecule has 18 heavy (non-hydrogen) atoms. The van der Waals surface area contributed by atoms with E-state index in [9.17, 15) is 18.0 Å². The number of carbonyl (C=O) groups excluding carboxylic acids is 1. The maximum Gasteiger partial charge on any atom is 0.416 e. The van der Waals surface area contributed by atoms with Gasteiger partial charge in [-0.15, -0.1) is 0 Å². The zero-order chi connectivity index (χ0) is 13.8. The fourth-order valence-electron chi connectivity index (χ4n) is 1.40. The van der Waals surface area contributed by atoms with Crippen LogP contribution in [0.3, 0.4) is 0 Å². The van der Waals surface area contributed by atoms with E-state index in [1.165, 1.54) is 6.07 Å². The van der Waals surface area contributed by atoms with Crippen molar-refractivity contribution in [2.24, 2.45) is 0 Å². The van der Waals surface area contributed by atoms with E-state index in [4.69, 9.17) is 4.74 Å². The first-order valence-corrected chi connectivity index (χ1v) is 6.43. The topological polar surface area (TPSA) is 26.3 Å². The van der Waals surface area contributed by atoms with Crippen molar-refractivity contribution >= 4 is 28.6 Å². The molecule has 0 aliphatic rings. The zero-order valence-corrected chi connectivity index (χ0v) is 11.8. The molecule has 100 valence electrons. The fraction of sp³-hybridized carbons (Fsp3) is 0.417. The summed E-state index contributed by atoms with van der Waals surface area (Å²) in [5.41, 5.74) is 0.0448. The van der Waals surface area contributed by atoms with Crippen molar-refractivity contribution < 1.29 is 22.7 Å². The third-order valence-corrected chi connectivity index (χ3v) is 3.29. The van der Waals surface area contributed by atoms with Gasteiger partial charge in [-0.05, 0) is 53.6 Å². The highest BCUT2D eigenvalue weighted by molar-refractivity contribution is 14.1. The number of hydrogen-bond acceptors (Lipinski definition) is 2. The van der Waals surface area contributed by atoms with Gasteiger partial charge in [0.25, 0.3) is 0 Å². The lowest BCUT2D eigenvalue weighted by molar-refractivity contribution is -0.143. The molecule has 0 fully saturated rings. The zero-order valence-electron chi connectivity index (χ0n) is 9.68.